The summed E-state index contributed by atoms with van der Waals surface area (Å²) in [5.74, 6) is 0.0214. The molecule has 0 unspecified atom stereocenters. The minimum atomic E-state index is -0.377. The lowest BCUT2D eigenvalue weighted by atomic mass is 10.2. The molecule has 0 aliphatic heterocycles. The second-order valence-electron chi connectivity index (χ2n) is 5.63. The van der Waals surface area contributed by atoms with Crippen LogP contribution >= 0.6 is 0 Å². The van der Waals surface area contributed by atoms with Crippen LogP contribution in [-0.2, 0) is 0 Å². The minimum Gasteiger partial charge on any atom is -0.346 e. The Kier molecular flexibility index (Phi) is 4.03. The molecule has 0 bridgehead atoms. The number of rotatable bonds is 4. The lowest BCUT2D eigenvalue weighted by molar-refractivity contribution is 0.102. The lowest BCUT2D eigenvalue weighted by Gasteiger charge is -2.09. The van der Waals surface area contributed by atoms with Crippen LogP contribution in [0.4, 0.5) is 21.6 Å². The third kappa shape index (κ3) is 3.23. The molecule has 2 aromatic carbocycles. The molecule has 3 N–H and O–H groups in total. The predicted octanol–water partition coefficient (Wildman–Crippen LogP) is 4.09. The first kappa shape index (κ1) is 15.8. The van der Waals surface area contributed by atoms with Gasteiger partial charge in [0.1, 0.15) is 23.6 Å². The topological polar surface area (TPSA) is 82.7 Å². The van der Waals surface area contributed by atoms with Gasteiger partial charge in [0.05, 0.1) is 5.39 Å². The summed E-state index contributed by atoms with van der Waals surface area (Å²) in [5.41, 5.74) is 2.61. The van der Waals surface area contributed by atoms with Crippen LogP contribution in [0.3, 0.4) is 0 Å². The molecule has 0 atom stereocenters. The normalized spacial score (nSPS) is 10.7. The van der Waals surface area contributed by atoms with Crippen LogP contribution in [0.15, 0.2) is 67.1 Å². The Hall–Kier alpha value is -3.74. The number of amides is 1. The van der Waals surface area contributed by atoms with E-state index in [4.69, 9.17) is 0 Å². The fraction of sp³-hybridized carbons (Fsp3) is 0. The summed E-state index contributed by atoms with van der Waals surface area (Å²) in [6, 6.07) is 14.5. The van der Waals surface area contributed by atoms with Gasteiger partial charge in [0, 0.05) is 23.1 Å². The highest BCUT2D eigenvalue weighted by atomic mass is 19.1. The van der Waals surface area contributed by atoms with Gasteiger partial charge in [-0.2, -0.15) is 0 Å². The van der Waals surface area contributed by atoms with Crippen LogP contribution in [0.5, 0.6) is 0 Å². The van der Waals surface area contributed by atoms with Crippen molar-refractivity contribution in [3.05, 3.63) is 78.5 Å². The summed E-state index contributed by atoms with van der Waals surface area (Å²) in [4.78, 5) is 23.6. The van der Waals surface area contributed by atoms with Crippen molar-refractivity contribution in [3.8, 4) is 0 Å². The third-order valence-electron chi connectivity index (χ3n) is 3.87. The molecular formula is C19H14FN5O. The van der Waals surface area contributed by atoms with Gasteiger partial charge in [-0.25, -0.2) is 14.4 Å². The summed E-state index contributed by atoms with van der Waals surface area (Å²) in [5, 5.41) is 6.89. The van der Waals surface area contributed by atoms with E-state index in [0.717, 1.165) is 16.7 Å². The number of fused-ring (bicyclic) bond motifs is 1. The number of hydrogen-bond donors (Lipinski definition) is 3. The number of nitrogens with one attached hydrogen (secondary N) is 3. The van der Waals surface area contributed by atoms with E-state index in [0.29, 0.717) is 17.1 Å². The maximum atomic E-state index is 12.9. The number of benzene rings is 2. The van der Waals surface area contributed by atoms with E-state index in [1.807, 2.05) is 18.2 Å². The van der Waals surface area contributed by atoms with Gasteiger partial charge in [-0.1, -0.05) is 0 Å². The van der Waals surface area contributed by atoms with E-state index < -0.39 is 0 Å². The van der Waals surface area contributed by atoms with Crippen LogP contribution in [0, 0.1) is 5.82 Å². The Bertz CT molecular complexity index is 1060. The van der Waals surface area contributed by atoms with E-state index >= 15 is 0 Å². The smallest absolute Gasteiger partial charge is 0.255 e. The Balaban J connectivity index is 1.47. The monoisotopic (exact) mass is 347 g/mol. The van der Waals surface area contributed by atoms with Gasteiger partial charge in [-0.05, 0) is 54.6 Å². The zero-order valence-corrected chi connectivity index (χ0v) is 13.5. The highest BCUT2D eigenvalue weighted by Gasteiger charge is 2.07. The summed E-state index contributed by atoms with van der Waals surface area (Å²) in [7, 11) is 0. The molecule has 0 radical (unpaired) electrons. The average Bonchev–Trinajstić information content (AvgIpc) is 3.14. The molecule has 128 valence electrons. The largest absolute Gasteiger partial charge is 0.346 e. The van der Waals surface area contributed by atoms with Crippen molar-refractivity contribution < 1.29 is 9.18 Å². The minimum absolute atomic E-state index is 0.296. The van der Waals surface area contributed by atoms with E-state index in [1.54, 1.807) is 18.3 Å². The molecule has 7 heteroatoms. The first-order chi connectivity index (χ1) is 12.7. The summed E-state index contributed by atoms with van der Waals surface area (Å²) in [6.07, 6.45) is 3.29. The number of carbonyl (C=O) groups is 1. The van der Waals surface area contributed by atoms with E-state index in [-0.39, 0.29) is 11.7 Å². The molecule has 0 aliphatic carbocycles. The number of H-pyrrole nitrogens is 1. The number of carbonyl (C=O) groups excluding carboxylic acids is 1. The predicted molar refractivity (Wildman–Crippen MR) is 98.0 cm³/mol. The number of hydrogen-bond acceptors (Lipinski definition) is 4. The second kappa shape index (κ2) is 6.64. The van der Waals surface area contributed by atoms with Gasteiger partial charge >= 0.3 is 0 Å². The molecule has 6 nitrogen and oxygen atoms in total. The number of nitrogens with zero attached hydrogens (tertiary/aromatic N) is 2. The molecule has 2 heterocycles. The van der Waals surface area contributed by atoms with Gasteiger partial charge < -0.3 is 15.6 Å². The molecule has 4 aromatic rings. The maximum absolute atomic E-state index is 12.9. The van der Waals surface area contributed by atoms with Crippen molar-refractivity contribution in [1.29, 1.82) is 0 Å². The first-order valence-electron chi connectivity index (χ1n) is 7.91. The Morgan fingerprint density at radius 3 is 2.42 bits per heavy atom. The van der Waals surface area contributed by atoms with Crippen molar-refractivity contribution in [2.24, 2.45) is 0 Å². The number of anilines is 3. The van der Waals surface area contributed by atoms with Crippen LogP contribution in [-0.4, -0.2) is 20.9 Å². The summed E-state index contributed by atoms with van der Waals surface area (Å²) < 4.78 is 12.9. The molecule has 1 amide bonds. The van der Waals surface area contributed by atoms with Crippen LogP contribution in [0.2, 0.25) is 0 Å². The summed E-state index contributed by atoms with van der Waals surface area (Å²) >= 11 is 0. The van der Waals surface area contributed by atoms with Crippen LogP contribution < -0.4 is 10.6 Å². The standard InChI is InChI=1S/C19H14FN5O/c20-13-3-1-12(2-4-13)19(26)25-15-7-5-14(6-8-15)24-18-16-9-10-21-17(16)22-11-23-18/h1-11H,(H,25,26)(H2,21,22,23,24). The van der Waals surface area contributed by atoms with Gasteiger partial charge in [-0.3, -0.25) is 4.79 Å². The highest BCUT2D eigenvalue weighted by Crippen LogP contribution is 2.23. The molecule has 4 rings (SSSR count). The average molecular weight is 347 g/mol. The third-order valence-corrected chi connectivity index (χ3v) is 3.87. The van der Waals surface area contributed by atoms with Crippen molar-refractivity contribution in [3.63, 3.8) is 0 Å². The molecule has 0 saturated carbocycles. The molecule has 2 aromatic heterocycles. The summed E-state index contributed by atoms with van der Waals surface area (Å²) in [6.45, 7) is 0. The zero-order chi connectivity index (χ0) is 17.9. The van der Waals surface area contributed by atoms with Crippen molar-refractivity contribution in [2.45, 2.75) is 0 Å². The highest BCUT2D eigenvalue weighted by molar-refractivity contribution is 6.04. The van der Waals surface area contributed by atoms with E-state index in [2.05, 4.69) is 25.6 Å². The van der Waals surface area contributed by atoms with Gasteiger partial charge in [0.2, 0.25) is 0 Å². The second-order valence-corrected chi connectivity index (χ2v) is 5.63. The zero-order valence-electron chi connectivity index (χ0n) is 13.5. The van der Waals surface area contributed by atoms with Crippen molar-refractivity contribution >= 4 is 34.1 Å². The Morgan fingerprint density at radius 2 is 1.65 bits per heavy atom. The fourth-order valence-electron chi connectivity index (χ4n) is 2.55. The lowest BCUT2D eigenvalue weighted by Crippen LogP contribution is -2.11. The van der Waals surface area contributed by atoms with Gasteiger partial charge in [0.15, 0.2) is 0 Å². The van der Waals surface area contributed by atoms with Crippen molar-refractivity contribution in [2.75, 3.05) is 10.6 Å². The van der Waals surface area contributed by atoms with E-state index in [9.17, 15) is 9.18 Å². The molecule has 0 saturated heterocycles. The first-order valence-corrected chi connectivity index (χ1v) is 7.91. The Labute approximate surface area is 148 Å². The van der Waals surface area contributed by atoms with Gasteiger partial charge in [-0.15, -0.1) is 0 Å². The molecule has 0 aliphatic rings. The van der Waals surface area contributed by atoms with E-state index in [1.165, 1.54) is 30.6 Å². The molecular weight excluding hydrogens is 333 g/mol. The van der Waals surface area contributed by atoms with Crippen LogP contribution in [0.1, 0.15) is 10.4 Å². The molecule has 26 heavy (non-hydrogen) atoms. The quantitative estimate of drug-likeness (QED) is 0.519. The number of aromatic nitrogens is 3. The molecule has 0 fully saturated rings. The number of aromatic amines is 1. The SMILES string of the molecule is O=C(Nc1ccc(Nc2ncnc3[nH]ccc23)cc1)c1ccc(F)cc1. The maximum Gasteiger partial charge on any atom is 0.255 e. The van der Waals surface area contributed by atoms with Crippen molar-refractivity contribution in [1.82, 2.24) is 15.0 Å². The van der Waals surface area contributed by atoms with Crippen LogP contribution in [0.25, 0.3) is 11.0 Å². The van der Waals surface area contributed by atoms with Gasteiger partial charge in [0.25, 0.3) is 5.91 Å². The Morgan fingerprint density at radius 1 is 0.923 bits per heavy atom. The fourth-order valence-corrected chi connectivity index (χ4v) is 2.55. The molecule has 0 spiro atoms. The number of halogens is 1.